The molecule has 0 bridgehead atoms. The van der Waals surface area contributed by atoms with Crippen LogP contribution in [0.5, 0.6) is 5.75 Å². The Morgan fingerprint density at radius 2 is 2.04 bits per heavy atom. The van der Waals surface area contributed by atoms with Gasteiger partial charge in [0.25, 0.3) is 0 Å². The van der Waals surface area contributed by atoms with Crippen LogP contribution in [0.25, 0.3) is 0 Å². The number of allylic oxidation sites excluding steroid dienone is 1. The van der Waals surface area contributed by atoms with Gasteiger partial charge in [0.1, 0.15) is 11.9 Å². The van der Waals surface area contributed by atoms with Gasteiger partial charge in [0.15, 0.2) is 0 Å². The number of ether oxygens (including phenoxy) is 1. The van der Waals surface area contributed by atoms with E-state index < -0.39 is 6.10 Å². The van der Waals surface area contributed by atoms with Gasteiger partial charge in [0, 0.05) is 24.3 Å². The Bertz CT molecular complexity index is 758. The summed E-state index contributed by atoms with van der Waals surface area (Å²) in [5.74, 6) is 0.0502. The van der Waals surface area contributed by atoms with Crippen molar-refractivity contribution >= 4 is 5.97 Å². The first kappa shape index (κ1) is 19.5. The van der Waals surface area contributed by atoms with Crippen LogP contribution in [0.4, 0.5) is 0 Å². The molecule has 0 radical (unpaired) electrons. The quantitative estimate of drug-likeness (QED) is 0.413. The van der Waals surface area contributed by atoms with Crippen molar-refractivity contribution in [2.75, 3.05) is 13.1 Å². The fourth-order valence-corrected chi connectivity index (χ4v) is 5.45. The van der Waals surface area contributed by atoms with E-state index in [1.165, 1.54) is 5.57 Å². The van der Waals surface area contributed by atoms with Crippen LogP contribution in [0.1, 0.15) is 38.7 Å². The van der Waals surface area contributed by atoms with E-state index in [-0.39, 0.29) is 35.1 Å². The molecule has 5 heteroatoms. The highest BCUT2D eigenvalue weighted by Gasteiger charge is 2.59. The first-order valence-electron chi connectivity index (χ1n) is 10.5. The lowest BCUT2D eigenvalue weighted by molar-refractivity contribution is -0.144. The van der Waals surface area contributed by atoms with E-state index in [0.29, 0.717) is 12.5 Å². The summed E-state index contributed by atoms with van der Waals surface area (Å²) in [4.78, 5) is 12.6. The number of fused-ring (bicyclic) bond motifs is 2. The molecule has 152 valence electrons. The highest BCUT2D eigenvalue weighted by molar-refractivity contribution is 5.76. The van der Waals surface area contributed by atoms with Crippen molar-refractivity contribution in [2.24, 2.45) is 23.2 Å². The maximum Gasteiger partial charge on any atom is 0.311 e. The molecule has 3 aliphatic rings. The van der Waals surface area contributed by atoms with Crippen molar-refractivity contribution in [2.45, 2.75) is 51.7 Å². The molecule has 1 aromatic carbocycles. The summed E-state index contributed by atoms with van der Waals surface area (Å²) in [6.45, 7) is 5.65. The average Bonchev–Trinajstić information content (AvgIpc) is 2.98. The topological polar surface area (TPSA) is 78.8 Å². The highest BCUT2D eigenvalue weighted by atomic mass is 16.6. The zero-order valence-corrected chi connectivity index (χ0v) is 16.7. The van der Waals surface area contributed by atoms with Gasteiger partial charge in [0.2, 0.25) is 0 Å². The largest absolute Gasteiger partial charge is 0.508 e. The normalized spacial score (nSPS) is 37.0. The third kappa shape index (κ3) is 3.25. The Balaban J connectivity index is 1.41. The van der Waals surface area contributed by atoms with Crippen molar-refractivity contribution in [1.29, 1.82) is 0 Å². The van der Waals surface area contributed by atoms with Crippen molar-refractivity contribution in [3.63, 3.8) is 0 Å². The first-order chi connectivity index (χ1) is 13.4. The smallest absolute Gasteiger partial charge is 0.311 e. The second-order valence-corrected chi connectivity index (χ2v) is 8.92. The third-order valence-corrected chi connectivity index (χ3v) is 7.46. The standard InChI is InChI=1S/C23H31NO4/c1-14-4-3-5-16-12-19-20(21(26)23(14,16)2)18(22(27)28-19)13-24-11-10-15-6-8-17(25)9-7-15/h5-9,14,18-21,24-26H,3-4,10-13H2,1-2H3/t14-,18-,19+,20+,21-,23+/m0/s1. The summed E-state index contributed by atoms with van der Waals surface area (Å²) >= 11 is 0. The fraction of sp³-hybridized carbons (Fsp3) is 0.609. The van der Waals surface area contributed by atoms with Gasteiger partial charge in [-0.2, -0.15) is 0 Å². The van der Waals surface area contributed by atoms with Gasteiger partial charge in [-0.05, 0) is 49.4 Å². The maximum atomic E-state index is 12.6. The van der Waals surface area contributed by atoms with Gasteiger partial charge >= 0.3 is 5.97 Å². The molecule has 28 heavy (non-hydrogen) atoms. The predicted octanol–water partition coefficient (Wildman–Crippen LogP) is 2.81. The molecule has 2 aliphatic carbocycles. The minimum atomic E-state index is -0.553. The highest BCUT2D eigenvalue weighted by Crippen LogP contribution is 2.55. The lowest BCUT2D eigenvalue weighted by Crippen LogP contribution is -2.54. The van der Waals surface area contributed by atoms with Crippen molar-refractivity contribution in [3.05, 3.63) is 41.5 Å². The van der Waals surface area contributed by atoms with Gasteiger partial charge in [-0.3, -0.25) is 4.79 Å². The number of phenolic OH excluding ortho intramolecular Hbond substituents is 1. The minimum absolute atomic E-state index is 0.142. The Kier molecular flexibility index (Phi) is 5.23. The molecule has 2 fully saturated rings. The SMILES string of the molecule is C[C@H]1CCC=C2C[C@H]3OC(=O)[C@@H](CNCCc4ccc(O)cc4)[C@H]3[C@H](O)[C@@]21C. The van der Waals surface area contributed by atoms with Crippen LogP contribution >= 0.6 is 0 Å². The Labute approximate surface area is 166 Å². The third-order valence-electron chi connectivity index (χ3n) is 7.46. The number of aliphatic hydroxyl groups excluding tert-OH is 1. The molecule has 1 heterocycles. The van der Waals surface area contributed by atoms with Crippen molar-refractivity contribution < 1.29 is 19.7 Å². The Hall–Kier alpha value is -1.85. The molecule has 1 aliphatic heterocycles. The maximum absolute atomic E-state index is 12.6. The number of phenols is 1. The van der Waals surface area contributed by atoms with E-state index in [1.54, 1.807) is 12.1 Å². The van der Waals surface area contributed by atoms with Gasteiger partial charge in [0.05, 0.1) is 12.0 Å². The minimum Gasteiger partial charge on any atom is -0.508 e. The van der Waals surface area contributed by atoms with Crippen molar-refractivity contribution in [3.8, 4) is 5.75 Å². The van der Waals surface area contributed by atoms with Crippen molar-refractivity contribution in [1.82, 2.24) is 5.32 Å². The molecule has 1 saturated heterocycles. The van der Waals surface area contributed by atoms with E-state index >= 15 is 0 Å². The number of rotatable bonds is 5. The monoisotopic (exact) mass is 385 g/mol. The van der Waals surface area contributed by atoms with Gasteiger partial charge in [-0.1, -0.05) is 37.6 Å². The molecule has 1 saturated carbocycles. The second kappa shape index (κ2) is 7.53. The van der Waals surface area contributed by atoms with Gasteiger partial charge in [-0.15, -0.1) is 0 Å². The summed E-state index contributed by atoms with van der Waals surface area (Å²) in [7, 11) is 0. The van der Waals surface area contributed by atoms with E-state index in [1.807, 2.05) is 12.1 Å². The number of nitrogens with one attached hydrogen (secondary N) is 1. The number of aliphatic hydroxyl groups is 1. The molecular weight excluding hydrogens is 354 g/mol. The fourth-order valence-electron chi connectivity index (χ4n) is 5.45. The van der Waals surface area contributed by atoms with Gasteiger partial charge < -0.3 is 20.3 Å². The van der Waals surface area contributed by atoms with Crippen LogP contribution in [0.15, 0.2) is 35.9 Å². The van der Waals surface area contributed by atoms with E-state index in [4.69, 9.17) is 4.74 Å². The average molecular weight is 386 g/mol. The lowest BCUT2D eigenvalue weighted by Gasteiger charge is -2.51. The number of carbonyl (C=O) groups excluding carboxylic acids is 1. The summed E-state index contributed by atoms with van der Waals surface area (Å²) < 4.78 is 5.70. The van der Waals surface area contributed by atoms with E-state index in [9.17, 15) is 15.0 Å². The first-order valence-corrected chi connectivity index (χ1v) is 10.5. The molecule has 0 unspecified atom stereocenters. The number of aromatic hydroxyl groups is 1. The summed E-state index contributed by atoms with van der Waals surface area (Å²) in [5, 5.41) is 24.1. The zero-order valence-electron chi connectivity index (χ0n) is 16.7. The number of benzene rings is 1. The summed E-state index contributed by atoms with van der Waals surface area (Å²) in [5.41, 5.74) is 2.15. The molecule has 4 rings (SSSR count). The molecular formula is C23H31NO4. The van der Waals surface area contributed by atoms with Crippen LogP contribution in [-0.2, 0) is 16.0 Å². The van der Waals surface area contributed by atoms with Crippen LogP contribution in [0.2, 0.25) is 0 Å². The Morgan fingerprint density at radius 3 is 2.79 bits per heavy atom. The summed E-state index contributed by atoms with van der Waals surface area (Å²) in [6.07, 6.45) is 5.22. The molecule has 0 amide bonds. The van der Waals surface area contributed by atoms with Gasteiger partial charge in [-0.25, -0.2) is 0 Å². The molecule has 0 spiro atoms. The lowest BCUT2D eigenvalue weighted by atomic mass is 9.55. The van der Waals surface area contributed by atoms with E-state index in [2.05, 4.69) is 25.2 Å². The number of esters is 1. The predicted molar refractivity (Wildman–Crippen MR) is 107 cm³/mol. The molecule has 6 atom stereocenters. The number of hydrogen-bond acceptors (Lipinski definition) is 5. The van der Waals surface area contributed by atoms with Crippen LogP contribution in [0, 0.1) is 23.2 Å². The zero-order chi connectivity index (χ0) is 19.9. The molecule has 5 nitrogen and oxygen atoms in total. The number of hydrogen-bond donors (Lipinski definition) is 3. The summed E-state index contributed by atoms with van der Waals surface area (Å²) in [6, 6.07) is 7.18. The second-order valence-electron chi connectivity index (χ2n) is 8.92. The van der Waals surface area contributed by atoms with Crippen LogP contribution < -0.4 is 5.32 Å². The van der Waals surface area contributed by atoms with E-state index in [0.717, 1.165) is 37.8 Å². The molecule has 0 aromatic heterocycles. The van der Waals surface area contributed by atoms with Crippen LogP contribution in [-0.4, -0.2) is 41.5 Å². The van der Waals surface area contributed by atoms with Crippen LogP contribution in [0.3, 0.4) is 0 Å². The molecule has 1 aromatic rings. The number of carbonyl (C=O) groups is 1. The Morgan fingerprint density at radius 1 is 1.29 bits per heavy atom. The molecule has 3 N–H and O–H groups in total.